The fourth-order valence-electron chi connectivity index (χ4n) is 3.53. The van der Waals surface area contributed by atoms with E-state index in [0.717, 1.165) is 12.2 Å². The number of hydrogen-bond acceptors (Lipinski definition) is 1. The Morgan fingerprint density at radius 1 is 0.905 bits per heavy atom. The number of hydrogen-bond donors (Lipinski definition) is 0. The first-order chi connectivity index (χ1) is 10.1. The summed E-state index contributed by atoms with van der Waals surface area (Å²) in [5, 5.41) is 0. The Morgan fingerprint density at radius 3 is 2.29 bits per heavy atom. The predicted molar refractivity (Wildman–Crippen MR) is 89.3 cm³/mol. The molecule has 0 atom stereocenters. The van der Waals surface area contributed by atoms with Gasteiger partial charge in [0.15, 0.2) is 0 Å². The highest BCUT2D eigenvalue weighted by Gasteiger charge is 2.17. The Bertz CT molecular complexity index is 683. The lowest BCUT2D eigenvalue weighted by Crippen LogP contribution is -1.96. The van der Waals surface area contributed by atoms with Gasteiger partial charge in [0.25, 0.3) is 0 Å². The predicted octanol–water partition coefficient (Wildman–Crippen LogP) is 5.03. The number of ether oxygens (including phenoxy) is 1. The van der Waals surface area contributed by atoms with Crippen LogP contribution in [0, 0.1) is 13.8 Å². The van der Waals surface area contributed by atoms with Crippen molar-refractivity contribution in [3.05, 3.63) is 52.1 Å². The second-order valence-corrected chi connectivity index (χ2v) is 6.12. The summed E-state index contributed by atoms with van der Waals surface area (Å²) in [6, 6.07) is 9.26. The topological polar surface area (TPSA) is 9.23 Å². The van der Waals surface area contributed by atoms with Gasteiger partial charge in [-0.05, 0) is 85.0 Å². The maximum atomic E-state index is 5.67. The molecule has 1 aliphatic rings. The Balaban J connectivity index is 2.18. The lowest BCUT2D eigenvalue weighted by molar-refractivity contribution is 0.416. The fraction of sp³-hybridized carbons (Fsp3) is 0.400. The highest BCUT2D eigenvalue weighted by atomic mass is 16.5. The third kappa shape index (κ3) is 2.46. The maximum absolute atomic E-state index is 5.67. The summed E-state index contributed by atoms with van der Waals surface area (Å²) >= 11 is 0. The molecule has 0 saturated heterocycles. The van der Waals surface area contributed by atoms with E-state index >= 15 is 0 Å². The largest absolute Gasteiger partial charge is 0.496 e. The first-order valence-electron chi connectivity index (χ1n) is 7.94. The molecule has 2 aromatic rings. The van der Waals surface area contributed by atoms with E-state index in [4.69, 9.17) is 4.74 Å². The smallest absolute Gasteiger partial charge is 0.126 e. The summed E-state index contributed by atoms with van der Waals surface area (Å²) in [7, 11) is 1.77. The molecule has 0 aliphatic heterocycles. The van der Waals surface area contributed by atoms with Crippen LogP contribution in [0.15, 0.2) is 24.3 Å². The summed E-state index contributed by atoms with van der Waals surface area (Å²) < 4.78 is 5.67. The molecular weight excluding hydrogens is 256 g/mol. The third-order valence-corrected chi connectivity index (χ3v) is 4.77. The van der Waals surface area contributed by atoms with Crippen LogP contribution < -0.4 is 4.74 Å². The molecular formula is C20H24O. The number of benzene rings is 2. The van der Waals surface area contributed by atoms with Crippen molar-refractivity contribution >= 4 is 0 Å². The van der Waals surface area contributed by atoms with Crippen molar-refractivity contribution in [3.63, 3.8) is 0 Å². The van der Waals surface area contributed by atoms with Crippen LogP contribution in [0.3, 0.4) is 0 Å². The molecule has 3 rings (SSSR count). The summed E-state index contributed by atoms with van der Waals surface area (Å²) in [4.78, 5) is 0. The normalized spacial score (nSPS) is 13.3. The summed E-state index contributed by atoms with van der Waals surface area (Å²) in [5.41, 5.74) is 9.71. The molecule has 0 bridgehead atoms. The van der Waals surface area contributed by atoms with Crippen molar-refractivity contribution in [1.29, 1.82) is 0 Å². The van der Waals surface area contributed by atoms with E-state index < -0.39 is 0 Å². The third-order valence-electron chi connectivity index (χ3n) is 4.77. The van der Waals surface area contributed by atoms with E-state index in [1.54, 1.807) is 7.11 Å². The molecule has 2 aromatic carbocycles. The van der Waals surface area contributed by atoms with E-state index in [1.165, 1.54) is 58.2 Å². The molecule has 110 valence electrons. The molecule has 0 aromatic heterocycles. The van der Waals surface area contributed by atoms with Crippen LogP contribution in [0.4, 0.5) is 0 Å². The van der Waals surface area contributed by atoms with Crippen LogP contribution in [0.5, 0.6) is 5.75 Å². The molecule has 1 nitrogen and oxygen atoms in total. The molecule has 0 amide bonds. The first kappa shape index (κ1) is 14.2. The number of aryl methyl sites for hydroxylation is 5. The number of fused-ring (bicyclic) bond motifs is 1. The molecule has 0 saturated carbocycles. The van der Waals surface area contributed by atoms with Gasteiger partial charge in [0.05, 0.1) is 7.11 Å². The van der Waals surface area contributed by atoms with Crippen molar-refractivity contribution in [2.45, 2.75) is 46.5 Å². The minimum absolute atomic E-state index is 0.999. The van der Waals surface area contributed by atoms with Crippen LogP contribution >= 0.6 is 0 Å². The molecule has 0 unspecified atom stereocenters. The van der Waals surface area contributed by atoms with E-state index in [-0.39, 0.29) is 0 Å². The molecule has 0 radical (unpaired) electrons. The summed E-state index contributed by atoms with van der Waals surface area (Å²) in [6.45, 7) is 6.61. The lowest BCUT2D eigenvalue weighted by atomic mass is 9.92. The van der Waals surface area contributed by atoms with Gasteiger partial charge < -0.3 is 4.74 Å². The average molecular weight is 280 g/mol. The standard InChI is InChI=1S/C20H24O/c1-5-15-12-20(21-4)19(10-13(15)2)18-11-17-8-6-7-16(17)9-14(18)3/h9-12H,5-8H2,1-4H3. The van der Waals surface area contributed by atoms with Gasteiger partial charge in [0.2, 0.25) is 0 Å². The van der Waals surface area contributed by atoms with E-state index in [2.05, 4.69) is 45.0 Å². The minimum atomic E-state index is 0.999. The quantitative estimate of drug-likeness (QED) is 0.766. The van der Waals surface area contributed by atoms with Crippen LogP contribution in [0.25, 0.3) is 11.1 Å². The highest BCUT2D eigenvalue weighted by molar-refractivity contribution is 5.76. The molecule has 0 spiro atoms. The first-order valence-corrected chi connectivity index (χ1v) is 7.94. The zero-order valence-electron chi connectivity index (χ0n) is 13.5. The highest BCUT2D eigenvalue weighted by Crippen LogP contribution is 2.37. The second kappa shape index (κ2) is 5.55. The van der Waals surface area contributed by atoms with Gasteiger partial charge in [-0.25, -0.2) is 0 Å². The second-order valence-electron chi connectivity index (χ2n) is 6.12. The van der Waals surface area contributed by atoms with Crippen LogP contribution in [0.2, 0.25) is 0 Å². The molecule has 0 heterocycles. The maximum Gasteiger partial charge on any atom is 0.126 e. The summed E-state index contributed by atoms with van der Waals surface area (Å²) in [5.74, 6) is 0.999. The Hall–Kier alpha value is -1.76. The van der Waals surface area contributed by atoms with Crippen molar-refractivity contribution in [2.75, 3.05) is 7.11 Å². The molecule has 0 N–H and O–H groups in total. The van der Waals surface area contributed by atoms with Gasteiger partial charge in [-0.3, -0.25) is 0 Å². The van der Waals surface area contributed by atoms with Gasteiger partial charge >= 0.3 is 0 Å². The monoisotopic (exact) mass is 280 g/mol. The Kier molecular flexibility index (Phi) is 3.75. The van der Waals surface area contributed by atoms with Gasteiger partial charge in [0.1, 0.15) is 5.75 Å². The van der Waals surface area contributed by atoms with Crippen LogP contribution in [0.1, 0.15) is 41.2 Å². The SMILES string of the molecule is CCc1cc(OC)c(-c2cc3c(cc2C)CCC3)cc1C. The average Bonchev–Trinajstić information content (AvgIpc) is 2.93. The van der Waals surface area contributed by atoms with Gasteiger partial charge in [-0.1, -0.05) is 19.1 Å². The van der Waals surface area contributed by atoms with E-state index in [9.17, 15) is 0 Å². The van der Waals surface area contributed by atoms with Gasteiger partial charge in [0, 0.05) is 5.56 Å². The van der Waals surface area contributed by atoms with Gasteiger partial charge in [-0.2, -0.15) is 0 Å². The van der Waals surface area contributed by atoms with Crippen LogP contribution in [-0.2, 0) is 19.3 Å². The van der Waals surface area contributed by atoms with Crippen molar-refractivity contribution in [2.24, 2.45) is 0 Å². The van der Waals surface area contributed by atoms with Gasteiger partial charge in [-0.15, -0.1) is 0 Å². The molecule has 1 aliphatic carbocycles. The van der Waals surface area contributed by atoms with Crippen molar-refractivity contribution < 1.29 is 4.74 Å². The number of rotatable bonds is 3. The Morgan fingerprint density at radius 2 is 1.62 bits per heavy atom. The van der Waals surface area contributed by atoms with Crippen molar-refractivity contribution in [1.82, 2.24) is 0 Å². The molecule has 0 fully saturated rings. The zero-order valence-corrected chi connectivity index (χ0v) is 13.5. The minimum Gasteiger partial charge on any atom is -0.496 e. The summed E-state index contributed by atoms with van der Waals surface area (Å²) in [6.07, 6.45) is 4.80. The fourth-order valence-corrected chi connectivity index (χ4v) is 3.53. The Labute approximate surface area is 128 Å². The lowest BCUT2D eigenvalue weighted by Gasteiger charge is -2.16. The van der Waals surface area contributed by atoms with E-state index in [0.29, 0.717) is 0 Å². The molecule has 1 heteroatoms. The zero-order chi connectivity index (χ0) is 15.0. The molecule has 21 heavy (non-hydrogen) atoms. The van der Waals surface area contributed by atoms with Crippen LogP contribution in [-0.4, -0.2) is 7.11 Å². The number of methoxy groups -OCH3 is 1. The van der Waals surface area contributed by atoms with E-state index in [1.807, 2.05) is 0 Å². The van der Waals surface area contributed by atoms with Crippen molar-refractivity contribution in [3.8, 4) is 16.9 Å².